The molecule has 0 saturated carbocycles. The van der Waals surface area contributed by atoms with E-state index in [0.717, 1.165) is 16.7 Å². The summed E-state index contributed by atoms with van der Waals surface area (Å²) < 4.78 is 19.4. The average molecular weight is 370 g/mol. The lowest BCUT2D eigenvalue weighted by molar-refractivity contribution is 0.0600. The number of ether oxygens (including phenoxy) is 1. The largest absolute Gasteiger partial charge is 0.465 e. The summed E-state index contributed by atoms with van der Waals surface area (Å²) in [5.41, 5.74) is 4.10. The van der Waals surface area contributed by atoms with Gasteiger partial charge in [-0.05, 0) is 60.0 Å². The number of benzene rings is 3. The fraction of sp³-hybridized carbons (Fsp3) is 0.0800. The first kappa shape index (κ1) is 19.1. The molecular weight excluding hydrogens is 351 g/mol. The quantitative estimate of drug-likeness (QED) is 0.440. The van der Waals surface area contributed by atoms with Gasteiger partial charge in [-0.25, -0.2) is 9.18 Å². The van der Waals surface area contributed by atoms with Gasteiger partial charge in [0.2, 0.25) is 0 Å². The number of esters is 1. The number of methoxy groups -OCH3 is 1. The van der Waals surface area contributed by atoms with Crippen molar-refractivity contribution in [1.29, 1.82) is 0 Å². The third kappa shape index (κ3) is 4.36. The van der Waals surface area contributed by atoms with E-state index in [1.807, 2.05) is 36.4 Å². The van der Waals surface area contributed by atoms with Gasteiger partial charge >= 0.3 is 5.97 Å². The molecule has 3 rings (SSSR count). The van der Waals surface area contributed by atoms with E-state index in [4.69, 9.17) is 0 Å². The molecule has 0 spiro atoms. The van der Waals surface area contributed by atoms with Gasteiger partial charge in [0.25, 0.3) is 0 Å². The molecule has 0 unspecified atom stereocenters. The van der Waals surface area contributed by atoms with Gasteiger partial charge in [-0.1, -0.05) is 54.3 Å². The predicted octanol–water partition coefficient (Wildman–Crippen LogP) is 5.65. The molecule has 3 heteroatoms. The Morgan fingerprint density at radius 2 is 1.71 bits per heavy atom. The second-order valence-electron chi connectivity index (χ2n) is 6.20. The molecule has 0 N–H and O–H groups in total. The molecule has 3 aromatic carbocycles. The maximum atomic E-state index is 14.7. The standard InChI is InChI=1S/C25H19FO2/c1-18-12-17-22(20-9-4-3-5-10-20)23(24(18)26)11-7-6-8-19-13-15-21(16-14-19)25(27)28-2/h3-5,7,9-17H,1-2H3/b11-7+. The fourth-order valence-electron chi connectivity index (χ4n) is 2.79. The SMILES string of the molecule is COC(=O)c1ccc(C#C/C=C/c2c(-c3ccccc3)ccc(C)c2F)cc1. The third-order valence-corrected chi connectivity index (χ3v) is 4.31. The Kier molecular flexibility index (Phi) is 6.04. The molecule has 0 aromatic heterocycles. The lowest BCUT2D eigenvalue weighted by Crippen LogP contribution is -2.00. The van der Waals surface area contributed by atoms with Crippen LogP contribution < -0.4 is 0 Å². The minimum absolute atomic E-state index is 0.248. The van der Waals surface area contributed by atoms with Crippen molar-refractivity contribution in [3.8, 4) is 23.0 Å². The molecule has 0 fully saturated rings. The first-order valence-electron chi connectivity index (χ1n) is 8.81. The van der Waals surface area contributed by atoms with Crippen LogP contribution in [0.2, 0.25) is 0 Å². The number of halogens is 1. The van der Waals surface area contributed by atoms with E-state index in [-0.39, 0.29) is 11.8 Å². The molecule has 0 radical (unpaired) electrons. The van der Waals surface area contributed by atoms with Crippen molar-refractivity contribution in [2.45, 2.75) is 6.92 Å². The van der Waals surface area contributed by atoms with Gasteiger partial charge in [0.1, 0.15) is 5.82 Å². The molecular formula is C25H19FO2. The molecule has 0 heterocycles. The van der Waals surface area contributed by atoms with Gasteiger partial charge in [-0.2, -0.15) is 0 Å². The van der Waals surface area contributed by atoms with Crippen LogP contribution in [0.1, 0.15) is 27.0 Å². The monoisotopic (exact) mass is 370 g/mol. The normalized spacial score (nSPS) is 10.4. The Morgan fingerprint density at radius 1 is 1.00 bits per heavy atom. The number of carbonyl (C=O) groups is 1. The maximum absolute atomic E-state index is 14.7. The summed E-state index contributed by atoms with van der Waals surface area (Å²) in [7, 11) is 1.34. The molecule has 0 aliphatic rings. The molecule has 0 atom stereocenters. The van der Waals surface area contributed by atoms with Gasteiger partial charge in [-0.3, -0.25) is 0 Å². The van der Waals surface area contributed by atoms with E-state index >= 15 is 0 Å². The summed E-state index contributed by atoms with van der Waals surface area (Å²) in [6.07, 6.45) is 3.33. The Bertz CT molecular complexity index is 1070. The Labute approximate surface area is 164 Å². The van der Waals surface area contributed by atoms with E-state index in [0.29, 0.717) is 16.7 Å². The van der Waals surface area contributed by atoms with Gasteiger partial charge < -0.3 is 4.74 Å². The highest BCUT2D eigenvalue weighted by Crippen LogP contribution is 2.28. The maximum Gasteiger partial charge on any atom is 0.337 e. The van der Waals surface area contributed by atoms with Crippen molar-refractivity contribution < 1.29 is 13.9 Å². The molecule has 0 aliphatic carbocycles. The molecule has 0 saturated heterocycles. The second-order valence-corrected chi connectivity index (χ2v) is 6.20. The van der Waals surface area contributed by atoms with Crippen LogP contribution >= 0.6 is 0 Å². The van der Waals surface area contributed by atoms with Crippen molar-refractivity contribution in [1.82, 2.24) is 0 Å². The summed E-state index contributed by atoms with van der Waals surface area (Å²) in [4.78, 5) is 11.4. The summed E-state index contributed by atoms with van der Waals surface area (Å²) in [5.74, 6) is 5.27. The highest BCUT2D eigenvalue weighted by atomic mass is 19.1. The second kappa shape index (κ2) is 8.83. The van der Waals surface area contributed by atoms with Crippen LogP contribution in [0.15, 0.2) is 72.8 Å². The van der Waals surface area contributed by atoms with Crippen LogP contribution in [-0.4, -0.2) is 13.1 Å². The van der Waals surface area contributed by atoms with Gasteiger partial charge in [0, 0.05) is 11.1 Å². The number of aryl methyl sites for hydroxylation is 1. The minimum atomic E-state index is -0.386. The zero-order valence-corrected chi connectivity index (χ0v) is 15.7. The van der Waals surface area contributed by atoms with Crippen molar-refractivity contribution in [3.63, 3.8) is 0 Å². The molecule has 28 heavy (non-hydrogen) atoms. The molecule has 138 valence electrons. The van der Waals surface area contributed by atoms with E-state index in [1.54, 1.807) is 49.4 Å². The summed E-state index contributed by atoms with van der Waals surface area (Å²) in [6, 6.07) is 20.2. The van der Waals surface area contributed by atoms with Crippen molar-refractivity contribution in [3.05, 3.63) is 101 Å². The Balaban J connectivity index is 1.87. The highest BCUT2D eigenvalue weighted by molar-refractivity contribution is 5.89. The Morgan fingerprint density at radius 3 is 2.39 bits per heavy atom. The predicted molar refractivity (Wildman–Crippen MR) is 110 cm³/mol. The third-order valence-electron chi connectivity index (χ3n) is 4.31. The van der Waals surface area contributed by atoms with E-state index < -0.39 is 0 Å². The molecule has 0 amide bonds. The summed E-state index contributed by atoms with van der Waals surface area (Å²) in [5, 5.41) is 0. The number of hydrogen-bond donors (Lipinski definition) is 0. The van der Waals surface area contributed by atoms with Gasteiger partial charge in [0.15, 0.2) is 0 Å². The first-order chi connectivity index (χ1) is 13.6. The zero-order valence-electron chi connectivity index (χ0n) is 15.7. The molecule has 3 aromatic rings. The molecule has 0 aliphatic heterocycles. The van der Waals surface area contributed by atoms with Gasteiger partial charge in [-0.15, -0.1) is 0 Å². The van der Waals surface area contributed by atoms with Crippen LogP contribution in [0.25, 0.3) is 17.2 Å². The van der Waals surface area contributed by atoms with E-state index in [9.17, 15) is 9.18 Å². The average Bonchev–Trinajstić information content (AvgIpc) is 2.74. The highest BCUT2D eigenvalue weighted by Gasteiger charge is 2.10. The number of hydrogen-bond acceptors (Lipinski definition) is 2. The van der Waals surface area contributed by atoms with Crippen LogP contribution in [0.5, 0.6) is 0 Å². The smallest absolute Gasteiger partial charge is 0.337 e. The lowest BCUT2D eigenvalue weighted by atomic mass is 9.97. The fourth-order valence-corrected chi connectivity index (χ4v) is 2.79. The Hall–Kier alpha value is -3.64. The minimum Gasteiger partial charge on any atom is -0.465 e. The van der Waals surface area contributed by atoms with Crippen LogP contribution in [0.4, 0.5) is 4.39 Å². The lowest BCUT2D eigenvalue weighted by Gasteiger charge is -2.09. The van der Waals surface area contributed by atoms with Crippen molar-refractivity contribution >= 4 is 12.0 Å². The number of allylic oxidation sites excluding steroid dienone is 1. The topological polar surface area (TPSA) is 26.3 Å². The van der Waals surface area contributed by atoms with E-state index in [1.165, 1.54) is 7.11 Å². The van der Waals surface area contributed by atoms with Crippen LogP contribution in [-0.2, 0) is 4.74 Å². The van der Waals surface area contributed by atoms with Crippen molar-refractivity contribution in [2.24, 2.45) is 0 Å². The molecule has 2 nitrogen and oxygen atoms in total. The summed E-state index contributed by atoms with van der Waals surface area (Å²) in [6.45, 7) is 1.75. The molecule has 0 bridgehead atoms. The first-order valence-corrected chi connectivity index (χ1v) is 8.81. The number of carbonyl (C=O) groups excluding carboxylic acids is 1. The zero-order chi connectivity index (χ0) is 19.9. The van der Waals surface area contributed by atoms with Crippen LogP contribution in [0.3, 0.4) is 0 Å². The number of rotatable bonds is 3. The summed E-state index contributed by atoms with van der Waals surface area (Å²) >= 11 is 0. The van der Waals surface area contributed by atoms with E-state index in [2.05, 4.69) is 16.6 Å². The van der Waals surface area contributed by atoms with Gasteiger partial charge in [0.05, 0.1) is 12.7 Å². The van der Waals surface area contributed by atoms with Crippen LogP contribution in [0, 0.1) is 24.6 Å². The van der Waals surface area contributed by atoms with Crippen molar-refractivity contribution in [2.75, 3.05) is 7.11 Å².